The van der Waals surface area contributed by atoms with Gasteiger partial charge in [0.05, 0.1) is 11.8 Å². The van der Waals surface area contributed by atoms with Crippen LogP contribution in [0, 0.1) is 0 Å². The Hall–Kier alpha value is -2.81. The van der Waals surface area contributed by atoms with Gasteiger partial charge in [-0.2, -0.15) is 5.10 Å². The Morgan fingerprint density at radius 1 is 1.00 bits per heavy atom. The van der Waals surface area contributed by atoms with Gasteiger partial charge < -0.3 is 4.74 Å². The standard InChI is InChI=1S/C23H22N2O/c1-2-7-23-25-21(19-10-5-6-11-22(19)26-23)15-20(24-25)18-13-12-16-8-3-4-9-17(16)14-18/h3-6,8-14,21,23H,2,7,15H2,1H3/t21-,23-/m1/s1. The Labute approximate surface area is 153 Å². The van der Waals surface area contributed by atoms with Crippen LogP contribution in [-0.2, 0) is 0 Å². The number of ether oxygens (including phenoxy) is 1. The zero-order valence-electron chi connectivity index (χ0n) is 14.9. The topological polar surface area (TPSA) is 24.8 Å². The van der Waals surface area contributed by atoms with Crippen LogP contribution in [0.1, 0.15) is 43.4 Å². The van der Waals surface area contributed by atoms with Crippen molar-refractivity contribution in [2.24, 2.45) is 5.10 Å². The molecule has 0 saturated carbocycles. The summed E-state index contributed by atoms with van der Waals surface area (Å²) in [5, 5.41) is 9.73. The van der Waals surface area contributed by atoms with Crippen LogP contribution in [0.5, 0.6) is 5.75 Å². The highest BCUT2D eigenvalue weighted by atomic mass is 16.5. The van der Waals surface area contributed by atoms with Gasteiger partial charge in [-0.05, 0) is 28.5 Å². The lowest BCUT2D eigenvalue weighted by Crippen LogP contribution is -2.40. The van der Waals surface area contributed by atoms with E-state index in [1.54, 1.807) is 0 Å². The van der Waals surface area contributed by atoms with Gasteiger partial charge in [-0.25, -0.2) is 0 Å². The number of hydrazone groups is 1. The van der Waals surface area contributed by atoms with Crippen molar-refractivity contribution < 1.29 is 4.74 Å². The van der Waals surface area contributed by atoms with Gasteiger partial charge in [0.15, 0.2) is 6.23 Å². The maximum atomic E-state index is 6.26. The van der Waals surface area contributed by atoms with E-state index in [0.717, 1.165) is 30.7 Å². The van der Waals surface area contributed by atoms with Gasteiger partial charge in [0.25, 0.3) is 0 Å². The monoisotopic (exact) mass is 342 g/mol. The average Bonchev–Trinajstić information content (AvgIpc) is 3.14. The van der Waals surface area contributed by atoms with E-state index in [0.29, 0.717) is 0 Å². The van der Waals surface area contributed by atoms with E-state index in [9.17, 15) is 0 Å². The Kier molecular flexibility index (Phi) is 3.66. The van der Waals surface area contributed by atoms with Crippen LogP contribution >= 0.6 is 0 Å². The number of hydrogen-bond acceptors (Lipinski definition) is 3. The second kappa shape index (κ2) is 6.17. The zero-order chi connectivity index (χ0) is 17.5. The van der Waals surface area contributed by atoms with Gasteiger partial charge in [0, 0.05) is 18.4 Å². The predicted octanol–water partition coefficient (Wildman–Crippen LogP) is 5.51. The van der Waals surface area contributed by atoms with Gasteiger partial charge in [0.2, 0.25) is 0 Å². The minimum absolute atomic E-state index is 0.0258. The normalized spacial score (nSPS) is 21.1. The van der Waals surface area contributed by atoms with E-state index in [1.165, 1.54) is 21.9 Å². The van der Waals surface area contributed by atoms with Crippen LogP contribution in [0.15, 0.2) is 71.8 Å². The fraction of sp³-hybridized carbons (Fsp3) is 0.261. The minimum Gasteiger partial charge on any atom is -0.469 e. The average molecular weight is 342 g/mol. The first-order valence-electron chi connectivity index (χ1n) is 9.44. The number of benzene rings is 3. The summed E-state index contributed by atoms with van der Waals surface area (Å²) in [4.78, 5) is 0. The van der Waals surface area contributed by atoms with E-state index in [-0.39, 0.29) is 12.3 Å². The van der Waals surface area contributed by atoms with Gasteiger partial charge in [-0.15, -0.1) is 0 Å². The molecule has 3 nitrogen and oxygen atoms in total. The summed E-state index contributed by atoms with van der Waals surface area (Å²) in [6.07, 6.45) is 3.02. The summed E-state index contributed by atoms with van der Waals surface area (Å²) in [5.41, 5.74) is 3.62. The summed E-state index contributed by atoms with van der Waals surface area (Å²) in [5.74, 6) is 1.02. The summed E-state index contributed by atoms with van der Waals surface area (Å²) < 4.78 is 6.26. The first-order valence-corrected chi connectivity index (χ1v) is 9.44. The lowest BCUT2D eigenvalue weighted by Gasteiger charge is -2.38. The largest absolute Gasteiger partial charge is 0.469 e. The van der Waals surface area contributed by atoms with E-state index < -0.39 is 0 Å². The highest BCUT2D eigenvalue weighted by Crippen LogP contribution is 2.43. The lowest BCUT2D eigenvalue weighted by atomic mass is 9.95. The number of fused-ring (bicyclic) bond motifs is 4. The summed E-state index contributed by atoms with van der Waals surface area (Å²) in [7, 11) is 0. The van der Waals surface area contributed by atoms with Crippen molar-refractivity contribution in [3.63, 3.8) is 0 Å². The van der Waals surface area contributed by atoms with Crippen LogP contribution in [0.4, 0.5) is 0 Å². The van der Waals surface area contributed by atoms with Crippen molar-refractivity contribution in [3.8, 4) is 5.75 Å². The number of hydrogen-bond donors (Lipinski definition) is 0. The molecule has 0 amide bonds. The molecule has 0 spiro atoms. The fourth-order valence-electron chi connectivity index (χ4n) is 4.09. The molecule has 130 valence electrons. The molecule has 0 bridgehead atoms. The van der Waals surface area contributed by atoms with Crippen LogP contribution in [-0.4, -0.2) is 16.9 Å². The molecule has 26 heavy (non-hydrogen) atoms. The molecule has 3 aromatic rings. The molecule has 2 aliphatic heterocycles. The van der Waals surface area contributed by atoms with E-state index in [2.05, 4.69) is 78.7 Å². The summed E-state index contributed by atoms with van der Waals surface area (Å²) in [6, 6.07) is 23.8. The molecule has 0 fully saturated rings. The lowest BCUT2D eigenvalue weighted by molar-refractivity contribution is -0.0223. The highest BCUT2D eigenvalue weighted by molar-refractivity contribution is 6.04. The van der Waals surface area contributed by atoms with Crippen molar-refractivity contribution in [1.29, 1.82) is 0 Å². The van der Waals surface area contributed by atoms with Crippen LogP contribution in [0.3, 0.4) is 0 Å². The Bertz CT molecular complexity index is 994. The Balaban J connectivity index is 1.55. The minimum atomic E-state index is 0.0258. The van der Waals surface area contributed by atoms with Crippen molar-refractivity contribution in [3.05, 3.63) is 77.9 Å². The third-order valence-corrected chi connectivity index (χ3v) is 5.40. The summed E-state index contributed by atoms with van der Waals surface area (Å²) >= 11 is 0. The van der Waals surface area contributed by atoms with Gasteiger partial charge in [-0.3, -0.25) is 5.01 Å². The Morgan fingerprint density at radius 3 is 2.69 bits per heavy atom. The highest BCUT2D eigenvalue weighted by Gasteiger charge is 2.39. The maximum absolute atomic E-state index is 6.26. The molecule has 0 unspecified atom stereocenters. The molecule has 0 aromatic heterocycles. The van der Waals surface area contributed by atoms with Crippen molar-refractivity contribution in [2.75, 3.05) is 0 Å². The van der Waals surface area contributed by atoms with E-state index >= 15 is 0 Å². The molecular formula is C23H22N2O. The Morgan fingerprint density at radius 2 is 1.81 bits per heavy atom. The molecule has 2 heterocycles. The fourth-order valence-corrected chi connectivity index (χ4v) is 4.09. The zero-order valence-corrected chi connectivity index (χ0v) is 14.9. The molecule has 0 N–H and O–H groups in total. The molecule has 0 aliphatic carbocycles. The van der Waals surface area contributed by atoms with Gasteiger partial charge >= 0.3 is 0 Å². The SMILES string of the molecule is CCC[C@H]1Oc2ccccc2[C@H]2CC(c3ccc4ccccc4c3)=NN21. The van der Waals surface area contributed by atoms with E-state index in [4.69, 9.17) is 9.84 Å². The van der Waals surface area contributed by atoms with Gasteiger partial charge in [-0.1, -0.05) is 67.9 Å². The quantitative estimate of drug-likeness (QED) is 0.627. The van der Waals surface area contributed by atoms with Crippen LogP contribution in [0.25, 0.3) is 10.8 Å². The maximum Gasteiger partial charge on any atom is 0.187 e. The predicted molar refractivity (Wildman–Crippen MR) is 105 cm³/mol. The third kappa shape index (κ3) is 2.47. The van der Waals surface area contributed by atoms with Gasteiger partial charge in [0.1, 0.15) is 5.75 Å². The van der Waals surface area contributed by atoms with Crippen LogP contribution in [0.2, 0.25) is 0 Å². The van der Waals surface area contributed by atoms with Crippen molar-refractivity contribution in [1.82, 2.24) is 5.01 Å². The molecule has 0 radical (unpaired) electrons. The molecule has 2 atom stereocenters. The smallest absolute Gasteiger partial charge is 0.187 e. The second-order valence-electron chi connectivity index (χ2n) is 7.11. The number of rotatable bonds is 3. The first kappa shape index (κ1) is 15.4. The summed E-state index contributed by atoms with van der Waals surface area (Å²) in [6.45, 7) is 2.20. The molecule has 2 aliphatic rings. The van der Waals surface area contributed by atoms with Crippen molar-refractivity contribution in [2.45, 2.75) is 38.5 Å². The number of para-hydroxylation sites is 1. The number of nitrogens with zero attached hydrogens (tertiary/aromatic N) is 2. The molecular weight excluding hydrogens is 320 g/mol. The second-order valence-corrected chi connectivity index (χ2v) is 7.11. The van der Waals surface area contributed by atoms with Crippen LogP contribution < -0.4 is 4.74 Å². The molecule has 0 saturated heterocycles. The van der Waals surface area contributed by atoms with Crippen molar-refractivity contribution >= 4 is 16.5 Å². The molecule has 3 heteroatoms. The third-order valence-electron chi connectivity index (χ3n) is 5.40. The first-order chi connectivity index (χ1) is 12.8. The molecule has 5 rings (SSSR count). The molecule has 3 aromatic carbocycles. The van der Waals surface area contributed by atoms with E-state index in [1.807, 2.05) is 0 Å².